The lowest BCUT2D eigenvalue weighted by molar-refractivity contribution is -0.114. The Balaban J connectivity index is 1.80. The Morgan fingerprint density at radius 2 is 1.91 bits per heavy atom. The zero-order chi connectivity index (χ0) is 15.8. The molecule has 2 rings (SSSR count). The monoisotopic (exact) mass is 318 g/mol. The number of hydrogen-bond donors (Lipinski definition) is 2. The van der Waals surface area contributed by atoms with Gasteiger partial charge in [-0.05, 0) is 48.9 Å². The van der Waals surface area contributed by atoms with Crippen molar-refractivity contribution >= 4 is 28.9 Å². The summed E-state index contributed by atoms with van der Waals surface area (Å²) in [5.41, 5.74) is 1.55. The van der Waals surface area contributed by atoms with Crippen LogP contribution in [0.25, 0.3) is 0 Å². The molecule has 0 atom stereocenters. The smallest absolute Gasteiger partial charge is 0.243 e. The number of anilines is 2. The maximum atomic E-state index is 11.9. The van der Waals surface area contributed by atoms with Crippen molar-refractivity contribution < 1.29 is 9.53 Å². The molecule has 0 radical (unpaired) electrons. The van der Waals surface area contributed by atoms with Crippen LogP contribution in [0.5, 0.6) is 5.75 Å². The van der Waals surface area contributed by atoms with E-state index >= 15 is 0 Å². The SMILES string of the molecule is CCCOc1ccc(NCC(=O)Nc2cccc(Cl)c2)cc1. The molecule has 0 spiro atoms. The third-order valence-corrected chi connectivity index (χ3v) is 3.12. The van der Waals surface area contributed by atoms with E-state index in [1.54, 1.807) is 24.3 Å². The molecule has 2 aromatic carbocycles. The Bertz CT molecular complexity index is 614. The molecule has 116 valence electrons. The van der Waals surface area contributed by atoms with Crippen molar-refractivity contribution in [3.05, 3.63) is 53.6 Å². The number of hydrogen-bond acceptors (Lipinski definition) is 3. The van der Waals surface area contributed by atoms with Gasteiger partial charge in [0, 0.05) is 16.4 Å². The Labute approximate surface area is 135 Å². The minimum absolute atomic E-state index is 0.131. The molecule has 2 N–H and O–H groups in total. The molecule has 0 aromatic heterocycles. The maximum absolute atomic E-state index is 11.9. The summed E-state index contributed by atoms with van der Waals surface area (Å²) in [6.07, 6.45) is 0.976. The molecule has 0 saturated carbocycles. The van der Waals surface area contributed by atoms with Crippen LogP contribution in [0.3, 0.4) is 0 Å². The van der Waals surface area contributed by atoms with Crippen LogP contribution < -0.4 is 15.4 Å². The van der Waals surface area contributed by atoms with Crippen LogP contribution in [0.15, 0.2) is 48.5 Å². The van der Waals surface area contributed by atoms with Gasteiger partial charge in [-0.1, -0.05) is 24.6 Å². The number of carbonyl (C=O) groups excluding carboxylic acids is 1. The average molecular weight is 319 g/mol. The van der Waals surface area contributed by atoms with Gasteiger partial charge in [-0.15, -0.1) is 0 Å². The second-order valence-corrected chi connectivity index (χ2v) is 5.22. The summed E-state index contributed by atoms with van der Waals surface area (Å²) < 4.78 is 5.51. The van der Waals surface area contributed by atoms with Gasteiger partial charge in [0.25, 0.3) is 0 Å². The first-order chi connectivity index (χ1) is 10.7. The molecule has 5 heteroatoms. The number of amides is 1. The summed E-state index contributed by atoms with van der Waals surface area (Å²) in [7, 11) is 0. The summed E-state index contributed by atoms with van der Waals surface area (Å²) in [6, 6.07) is 14.6. The van der Waals surface area contributed by atoms with E-state index in [0.29, 0.717) is 17.3 Å². The molecule has 0 aliphatic heterocycles. The topological polar surface area (TPSA) is 50.4 Å². The van der Waals surface area contributed by atoms with E-state index in [0.717, 1.165) is 17.9 Å². The molecule has 0 heterocycles. The second kappa shape index (κ2) is 8.29. The minimum Gasteiger partial charge on any atom is -0.494 e. The van der Waals surface area contributed by atoms with Crippen LogP contribution in [0.2, 0.25) is 5.02 Å². The quantitative estimate of drug-likeness (QED) is 0.805. The normalized spacial score (nSPS) is 10.1. The summed E-state index contributed by atoms with van der Waals surface area (Å²) in [4.78, 5) is 11.9. The molecular formula is C17H19ClN2O2. The molecule has 0 aliphatic rings. The lowest BCUT2D eigenvalue weighted by Gasteiger charge is -2.09. The van der Waals surface area contributed by atoms with E-state index in [-0.39, 0.29) is 12.5 Å². The van der Waals surface area contributed by atoms with E-state index in [9.17, 15) is 4.79 Å². The Morgan fingerprint density at radius 3 is 2.59 bits per heavy atom. The molecule has 0 saturated heterocycles. The summed E-state index contributed by atoms with van der Waals surface area (Å²) in [5, 5.41) is 6.43. The molecular weight excluding hydrogens is 300 g/mol. The highest BCUT2D eigenvalue weighted by Crippen LogP contribution is 2.16. The van der Waals surface area contributed by atoms with Crippen LogP contribution in [0, 0.1) is 0 Å². The molecule has 1 amide bonds. The van der Waals surface area contributed by atoms with Crippen molar-refractivity contribution in [1.82, 2.24) is 0 Å². The fraction of sp³-hybridized carbons (Fsp3) is 0.235. The first kappa shape index (κ1) is 16.2. The van der Waals surface area contributed by atoms with Gasteiger partial charge in [0.2, 0.25) is 5.91 Å². The van der Waals surface area contributed by atoms with Crippen LogP contribution in [0.4, 0.5) is 11.4 Å². The van der Waals surface area contributed by atoms with Gasteiger partial charge in [-0.25, -0.2) is 0 Å². The number of halogens is 1. The lowest BCUT2D eigenvalue weighted by Crippen LogP contribution is -2.21. The van der Waals surface area contributed by atoms with Gasteiger partial charge in [-0.3, -0.25) is 4.79 Å². The van der Waals surface area contributed by atoms with Crippen LogP contribution in [-0.2, 0) is 4.79 Å². The van der Waals surface area contributed by atoms with E-state index in [2.05, 4.69) is 17.6 Å². The van der Waals surface area contributed by atoms with E-state index in [4.69, 9.17) is 16.3 Å². The standard InChI is InChI=1S/C17H19ClN2O2/c1-2-10-22-16-8-6-14(7-9-16)19-12-17(21)20-15-5-3-4-13(18)11-15/h3-9,11,19H,2,10,12H2,1H3,(H,20,21). The average Bonchev–Trinajstić information content (AvgIpc) is 2.52. The van der Waals surface area contributed by atoms with Crippen molar-refractivity contribution in [3.8, 4) is 5.75 Å². The lowest BCUT2D eigenvalue weighted by atomic mass is 10.3. The summed E-state index contributed by atoms with van der Waals surface area (Å²) in [5.74, 6) is 0.698. The van der Waals surface area contributed by atoms with Crippen molar-refractivity contribution in [2.45, 2.75) is 13.3 Å². The van der Waals surface area contributed by atoms with Gasteiger partial charge in [0.15, 0.2) is 0 Å². The van der Waals surface area contributed by atoms with Gasteiger partial charge in [0.05, 0.1) is 13.2 Å². The maximum Gasteiger partial charge on any atom is 0.243 e. The van der Waals surface area contributed by atoms with Crippen molar-refractivity contribution in [1.29, 1.82) is 0 Å². The Morgan fingerprint density at radius 1 is 1.14 bits per heavy atom. The van der Waals surface area contributed by atoms with Gasteiger partial charge >= 0.3 is 0 Å². The third-order valence-electron chi connectivity index (χ3n) is 2.89. The second-order valence-electron chi connectivity index (χ2n) is 4.78. The van der Waals surface area contributed by atoms with E-state index in [1.807, 2.05) is 24.3 Å². The summed E-state index contributed by atoms with van der Waals surface area (Å²) in [6.45, 7) is 2.95. The number of nitrogens with one attached hydrogen (secondary N) is 2. The Kier molecular flexibility index (Phi) is 6.10. The molecule has 4 nitrogen and oxygen atoms in total. The highest BCUT2D eigenvalue weighted by atomic mass is 35.5. The molecule has 22 heavy (non-hydrogen) atoms. The number of benzene rings is 2. The fourth-order valence-corrected chi connectivity index (χ4v) is 2.03. The van der Waals surface area contributed by atoms with Crippen molar-refractivity contribution in [2.24, 2.45) is 0 Å². The van der Waals surface area contributed by atoms with Crippen molar-refractivity contribution in [2.75, 3.05) is 23.8 Å². The number of rotatable bonds is 7. The third kappa shape index (κ3) is 5.30. The minimum atomic E-state index is -0.131. The van der Waals surface area contributed by atoms with Crippen molar-refractivity contribution in [3.63, 3.8) is 0 Å². The van der Waals surface area contributed by atoms with Gasteiger partial charge < -0.3 is 15.4 Å². The molecule has 0 fully saturated rings. The molecule has 0 unspecified atom stereocenters. The Hall–Kier alpha value is -2.20. The van der Waals surface area contributed by atoms with Gasteiger partial charge in [0.1, 0.15) is 5.75 Å². The number of carbonyl (C=O) groups is 1. The zero-order valence-electron chi connectivity index (χ0n) is 12.4. The molecule has 0 aliphatic carbocycles. The van der Waals surface area contributed by atoms with Gasteiger partial charge in [-0.2, -0.15) is 0 Å². The predicted octanol–water partition coefficient (Wildman–Crippen LogP) is 4.18. The van der Waals surface area contributed by atoms with Crippen LogP contribution >= 0.6 is 11.6 Å². The first-order valence-electron chi connectivity index (χ1n) is 7.19. The van der Waals surface area contributed by atoms with Crippen LogP contribution in [0.1, 0.15) is 13.3 Å². The van der Waals surface area contributed by atoms with Crippen LogP contribution in [-0.4, -0.2) is 19.1 Å². The number of ether oxygens (including phenoxy) is 1. The molecule has 2 aromatic rings. The van der Waals surface area contributed by atoms with E-state index in [1.165, 1.54) is 0 Å². The molecule has 0 bridgehead atoms. The highest BCUT2D eigenvalue weighted by molar-refractivity contribution is 6.30. The largest absolute Gasteiger partial charge is 0.494 e. The highest BCUT2D eigenvalue weighted by Gasteiger charge is 2.03. The summed E-state index contributed by atoms with van der Waals surface area (Å²) >= 11 is 5.87. The van der Waals surface area contributed by atoms with E-state index < -0.39 is 0 Å². The zero-order valence-corrected chi connectivity index (χ0v) is 13.2. The fourth-order valence-electron chi connectivity index (χ4n) is 1.84. The first-order valence-corrected chi connectivity index (χ1v) is 7.57. The predicted molar refractivity (Wildman–Crippen MR) is 90.8 cm³/mol.